The molecule has 0 saturated heterocycles. The monoisotopic (exact) mass is 887 g/mol. The van der Waals surface area contributed by atoms with E-state index in [0.717, 1.165) is 33.9 Å². The van der Waals surface area contributed by atoms with Gasteiger partial charge in [-0.3, -0.25) is 29.7 Å². The molecule has 296 valence electrons. The van der Waals surface area contributed by atoms with Gasteiger partial charge in [-0.15, -0.1) is 6.10 Å². The molecule has 5 rings (SSSR count). The van der Waals surface area contributed by atoms with Crippen molar-refractivity contribution >= 4 is 5.90 Å². The number of ether oxygens (including phenoxy) is 2. The molecule has 2 unspecified atom stereocenters. The van der Waals surface area contributed by atoms with Crippen LogP contribution in [0.4, 0.5) is 0 Å². The Labute approximate surface area is 366 Å². The number of hydrogen-bond donors (Lipinski definition) is 0. The molecule has 1 aromatic carbocycles. The SMILES string of the molecule is [O-]CC([O-])COCCCCOCC([O-])CN=C([O-])c1ccc(CN(Cc2ccccn2)Cc2ccccn2)c(CN(Cc2ccccn2)Cc2ccccn2)c1.[Zn+2].[Zn+2]. The van der Waals surface area contributed by atoms with Gasteiger partial charge in [0.1, 0.15) is 0 Å². The molecule has 4 heterocycles. The number of aliphatic imine (C=N–C) groups is 1. The molecule has 0 spiro atoms. The van der Waals surface area contributed by atoms with E-state index in [4.69, 9.17) is 9.47 Å². The van der Waals surface area contributed by atoms with E-state index >= 15 is 0 Å². The fraction of sp³-hybridized carbons (Fsp3) is 0.372. The van der Waals surface area contributed by atoms with E-state index in [9.17, 15) is 20.4 Å². The molecule has 0 bridgehead atoms. The van der Waals surface area contributed by atoms with Gasteiger partial charge in [0.25, 0.3) is 0 Å². The maximum atomic E-state index is 13.5. The van der Waals surface area contributed by atoms with E-state index < -0.39 is 24.7 Å². The normalized spacial score (nSPS) is 12.5. The van der Waals surface area contributed by atoms with Gasteiger partial charge in [0.2, 0.25) is 0 Å². The summed E-state index contributed by atoms with van der Waals surface area (Å²) in [5.74, 6) is -0.467. The zero-order valence-electron chi connectivity index (χ0n) is 33.0. The second-order valence-corrected chi connectivity index (χ2v) is 13.5. The van der Waals surface area contributed by atoms with E-state index in [-0.39, 0.29) is 58.7 Å². The van der Waals surface area contributed by atoms with Crippen LogP contribution in [0.3, 0.4) is 0 Å². The fourth-order valence-electron chi connectivity index (χ4n) is 5.98. The van der Waals surface area contributed by atoms with Gasteiger partial charge in [-0.25, -0.2) is 0 Å². The van der Waals surface area contributed by atoms with Crippen LogP contribution in [-0.2, 0) is 87.7 Å². The first kappa shape index (κ1) is 48.6. The number of nitrogens with zero attached hydrogens (tertiary/aromatic N) is 7. The minimum atomic E-state index is -1.25. The zero-order chi connectivity index (χ0) is 39.2. The van der Waals surface area contributed by atoms with Gasteiger partial charge in [0, 0.05) is 97.0 Å². The molecular weight excluding hydrogens is 841 g/mol. The van der Waals surface area contributed by atoms with Gasteiger partial charge < -0.3 is 34.9 Å². The van der Waals surface area contributed by atoms with Crippen LogP contribution >= 0.6 is 0 Å². The minimum Gasteiger partial charge on any atom is -0.858 e. The average Bonchev–Trinajstić information content (AvgIpc) is 3.22. The van der Waals surface area contributed by atoms with Gasteiger partial charge in [-0.05, 0) is 90.0 Å². The summed E-state index contributed by atoms with van der Waals surface area (Å²) in [5, 5.41) is 47.7. The van der Waals surface area contributed by atoms with Gasteiger partial charge in [0.15, 0.2) is 0 Å². The third-order valence-electron chi connectivity index (χ3n) is 8.75. The smallest absolute Gasteiger partial charge is 0.858 e. The molecule has 0 aliphatic heterocycles. The summed E-state index contributed by atoms with van der Waals surface area (Å²) in [6.45, 7) is 2.92. The average molecular weight is 891 g/mol. The summed E-state index contributed by atoms with van der Waals surface area (Å²) in [7, 11) is 0. The van der Waals surface area contributed by atoms with Crippen LogP contribution in [-0.4, -0.2) is 87.4 Å². The Kier molecular flexibility index (Phi) is 23.4. The Bertz CT molecular complexity index is 1770. The van der Waals surface area contributed by atoms with Crippen LogP contribution in [0.2, 0.25) is 0 Å². The first-order valence-electron chi connectivity index (χ1n) is 18.9. The summed E-state index contributed by atoms with van der Waals surface area (Å²) < 4.78 is 10.7. The van der Waals surface area contributed by atoms with Crippen molar-refractivity contribution in [2.45, 2.75) is 64.3 Å². The Morgan fingerprint density at radius 3 is 1.41 bits per heavy atom. The number of unbranched alkanes of at least 4 members (excludes halogenated alkanes) is 1. The Hall–Kier alpha value is -3.74. The molecule has 0 amide bonds. The number of benzene rings is 1. The summed E-state index contributed by atoms with van der Waals surface area (Å²) in [5.41, 5.74) is 6.03. The van der Waals surface area contributed by atoms with Crippen LogP contribution in [0.1, 0.15) is 52.3 Å². The summed E-state index contributed by atoms with van der Waals surface area (Å²) in [6, 6.07) is 29.1. The summed E-state index contributed by atoms with van der Waals surface area (Å²) in [4.78, 5) is 27.0. The Morgan fingerprint density at radius 2 is 1.00 bits per heavy atom. The van der Waals surface area contributed by atoms with Crippen LogP contribution < -0.4 is 20.4 Å². The quantitative estimate of drug-likeness (QED) is 0.0357. The number of rotatable bonds is 25. The van der Waals surface area contributed by atoms with Gasteiger partial charge in [-0.1, -0.05) is 42.5 Å². The maximum absolute atomic E-state index is 13.5. The Morgan fingerprint density at radius 1 is 0.569 bits per heavy atom. The van der Waals surface area contributed by atoms with E-state index in [1.807, 2.05) is 84.9 Å². The third kappa shape index (κ3) is 18.0. The van der Waals surface area contributed by atoms with Crippen LogP contribution in [0.25, 0.3) is 0 Å². The van der Waals surface area contributed by atoms with E-state index in [1.54, 1.807) is 30.9 Å². The third-order valence-corrected chi connectivity index (χ3v) is 8.75. The number of aromatic nitrogens is 4. The second-order valence-electron chi connectivity index (χ2n) is 13.5. The molecule has 0 radical (unpaired) electrons. The second kappa shape index (κ2) is 27.9. The molecule has 13 nitrogen and oxygen atoms in total. The predicted molar refractivity (Wildman–Crippen MR) is 204 cm³/mol. The Balaban J connectivity index is 0.00000450. The van der Waals surface area contributed by atoms with E-state index in [2.05, 4.69) is 34.7 Å². The van der Waals surface area contributed by atoms with Crippen molar-refractivity contribution in [2.75, 3.05) is 39.6 Å². The largest absolute Gasteiger partial charge is 2.00 e. The van der Waals surface area contributed by atoms with Crippen molar-refractivity contribution in [1.29, 1.82) is 0 Å². The molecule has 0 aliphatic carbocycles. The topological polar surface area (TPSA) is 181 Å². The van der Waals surface area contributed by atoms with Crippen molar-refractivity contribution in [2.24, 2.45) is 4.99 Å². The molecule has 0 fully saturated rings. The molecule has 0 saturated carbocycles. The van der Waals surface area contributed by atoms with E-state index in [0.29, 0.717) is 70.9 Å². The molecule has 0 aliphatic rings. The van der Waals surface area contributed by atoms with Gasteiger partial charge in [-0.2, -0.15) is 6.61 Å². The molecule has 15 heteroatoms. The van der Waals surface area contributed by atoms with Crippen molar-refractivity contribution in [1.82, 2.24) is 29.7 Å². The fourth-order valence-corrected chi connectivity index (χ4v) is 5.98. The first-order valence-corrected chi connectivity index (χ1v) is 18.9. The number of pyridine rings is 4. The van der Waals surface area contributed by atoms with Crippen molar-refractivity contribution in [3.8, 4) is 0 Å². The predicted octanol–water partition coefficient (Wildman–Crippen LogP) is 1.40. The van der Waals surface area contributed by atoms with Crippen molar-refractivity contribution in [3.05, 3.63) is 155 Å². The molecular formula is C43H49N7O6Zn2. The van der Waals surface area contributed by atoms with Crippen LogP contribution in [0, 0.1) is 0 Å². The van der Waals surface area contributed by atoms with Gasteiger partial charge in [0.05, 0.1) is 22.8 Å². The molecule has 0 N–H and O–H groups in total. The summed E-state index contributed by atoms with van der Waals surface area (Å²) >= 11 is 0. The zero-order valence-corrected chi connectivity index (χ0v) is 39.0. The van der Waals surface area contributed by atoms with Crippen molar-refractivity contribution in [3.63, 3.8) is 0 Å². The maximum Gasteiger partial charge on any atom is 2.00 e. The molecule has 58 heavy (non-hydrogen) atoms. The first-order chi connectivity index (χ1) is 27.4. The minimum absolute atomic E-state index is 0. The molecule has 2 atom stereocenters. The van der Waals surface area contributed by atoms with Crippen LogP contribution in [0.15, 0.2) is 121 Å². The molecule has 4 aromatic heterocycles. The van der Waals surface area contributed by atoms with E-state index in [1.165, 1.54) is 0 Å². The standard InChI is InChI=1S/C43H50N7O6.2Zn/c51-31-42(53)33-56-22-10-9-21-55-32-41(52)24-48-43(54)34-15-16-35(25-49(27-37-11-1-5-17-44-37)28-38-12-2-6-18-45-38)36(23-34)26-50(29-39-13-3-7-19-46-39)30-40-14-4-8-20-47-40;;/h1-8,11-20,23,41-42H,9-10,21-22,24-33H2,(H,48,54);;/q-3;2*+2/p-1. The van der Waals surface area contributed by atoms with Crippen molar-refractivity contribution < 1.29 is 68.9 Å². The summed E-state index contributed by atoms with van der Waals surface area (Å²) in [6.07, 6.45) is 5.97. The number of hydrogen-bond acceptors (Lipinski definition) is 13. The van der Waals surface area contributed by atoms with Gasteiger partial charge >= 0.3 is 39.0 Å². The van der Waals surface area contributed by atoms with Crippen LogP contribution in [0.5, 0.6) is 0 Å². The molecule has 5 aromatic rings.